The second kappa shape index (κ2) is 11.4. The van der Waals surface area contributed by atoms with Gasteiger partial charge in [-0.1, -0.05) is 0 Å². The number of hydrogen-bond donors (Lipinski definition) is 2. The van der Waals surface area contributed by atoms with Gasteiger partial charge in [0.05, 0.1) is 6.26 Å². The number of nitrogens with one attached hydrogen (secondary N) is 1. The number of furan rings is 1. The van der Waals surface area contributed by atoms with Crippen LogP contribution in [0.15, 0.2) is 22.8 Å². The molecular formula is C18H26Cl2N4O3S. The van der Waals surface area contributed by atoms with Crippen molar-refractivity contribution in [1.82, 2.24) is 15.2 Å². The average molecular weight is 449 g/mol. The van der Waals surface area contributed by atoms with Crippen molar-refractivity contribution in [2.75, 3.05) is 19.6 Å². The first-order valence-electron chi connectivity index (χ1n) is 8.89. The minimum Gasteiger partial charge on any atom is -0.462 e. The van der Waals surface area contributed by atoms with Crippen LogP contribution >= 0.6 is 36.2 Å². The molecule has 0 radical (unpaired) electrons. The maximum absolute atomic E-state index is 13.1. The molecule has 2 amide bonds. The minimum atomic E-state index is -0.0747. The van der Waals surface area contributed by atoms with Gasteiger partial charge in [0.2, 0.25) is 5.91 Å². The Kier molecular flexibility index (Phi) is 9.95. The molecule has 3 N–H and O–H groups in total. The van der Waals surface area contributed by atoms with Gasteiger partial charge in [0.1, 0.15) is 5.69 Å². The fourth-order valence-electron chi connectivity index (χ4n) is 3.17. The Hall–Kier alpha value is -1.61. The van der Waals surface area contributed by atoms with E-state index in [9.17, 15) is 9.59 Å². The van der Waals surface area contributed by atoms with E-state index in [-0.39, 0.29) is 42.7 Å². The molecule has 2 aromatic rings. The number of nitrogens with two attached hydrogens (primary N) is 1. The number of likely N-dealkylation sites (tertiary alicyclic amines) is 1. The van der Waals surface area contributed by atoms with Gasteiger partial charge in [0.15, 0.2) is 10.8 Å². The lowest BCUT2D eigenvalue weighted by molar-refractivity contribution is -0.121. The van der Waals surface area contributed by atoms with Gasteiger partial charge >= 0.3 is 0 Å². The van der Waals surface area contributed by atoms with Crippen LogP contribution in [0, 0.1) is 6.92 Å². The van der Waals surface area contributed by atoms with Gasteiger partial charge < -0.3 is 20.4 Å². The normalized spacial score (nSPS) is 16.1. The Morgan fingerprint density at radius 2 is 2.18 bits per heavy atom. The molecular weight excluding hydrogens is 423 g/mol. The lowest BCUT2D eigenvalue weighted by atomic mass is 10.0. The molecule has 7 nitrogen and oxygen atoms in total. The number of amides is 2. The molecule has 0 aliphatic carbocycles. The zero-order chi connectivity index (χ0) is 18.5. The summed E-state index contributed by atoms with van der Waals surface area (Å²) in [6.45, 7) is 3.37. The molecule has 2 aromatic heterocycles. The molecule has 0 saturated carbocycles. The molecule has 0 spiro atoms. The van der Waals surface area contributed by atoms with Crippen LogP contribution < -0.4 is 11.1 Å². The summed E-state index contributed by atoms with van der Waals surface area (Å²) in [7, 11) is 0. The molecule has 3 rings (SSSR count). The van der Waals surface area contributed by atoms with Crippen molar-refractivity contribution in [2.24, 2.45) is 5.73 Å². The highest BCUT2D eigenvalue weighted by Gasteiger charge is 2.30. The highest BCUT2D eigenvalue weighted by Crippen LogP contribution is 2.29. The number of thiazole rings is 1. The summed E-state index contributed by atoms with van der Waals surface area (Å²) in [5, 5.41) is 3.60. The quantitative estimate of drug-likeness (QED) is 0.706. The Labute approximate surface area is 180 Å². The van der Waals surface area contributed by atoms with Crippen LogP contribution in [0.25, 0.3) is 10.8 Å². The van der Waals surface area contributed by atoms with E-state index >= 15 is 0 Å². The van der Waals surface area contributed by atoms with E-state index in [0.29, 0.717) is 42.5 Å². The van der Waals surface area contributed by atoms with Gasteiger partial charge in [0.25, 0.3) is 5.91 Å². The van der Waals surface area contributed by atoms with Gasteiger partial charge in [-0.3, -0.25) is 9.59 Å². The van der Waals surface area contributed by atoms with Gasteiger partial charge in [-0.2, -0.15) is 0 Å². The number of aryl methyl sites for hydroxylation is 1. The Bertz CT molecular complexity index is 767. The minimum absolute atomic E-state index is 0. The molecule has 3 heterocycles. The first kappa shape index (κ1) is 24.4. The molecule has 1 aliphatic heterocycles. The summed E-state index contributed by atoms with van der Waals surface area (Å²) < 4.78 is 5.39. The van der Waals surface area contributed by atoms with E-state index < -0.39 is 0 Å². The molecule has 1 atom stereocenters. The molecule has 1 unspecified atom stereocenters. The lowest BCUT2D eigenvalue weighted by Crippen LogP contribution is -2.49. The number of piperidine rings is 1. The SMILES string of the molecule is Cc1sc(-c2ccco2)nc1C(=O)N1CCCCC1CNC(=O)CCN.Cl.Cl. The summed E-state index contributed by atoms with van der Waals surface area (Å²) in [5.41, 5.74) is 5.88. The number of nitrogens with zero attached hydrogens (tertiary/aromatic N) is 2. The zero-order valence-electron chi connectivity index (χ0n) is 15.7. The van der Waals surface area contributed by atoms with Crippen molar-refractivity contribution >= 4 is 48.0 Å². The summed E-state index contributed by atoms with van der Waals surface area (Å²) in [6, 6.07) is 3.63. The lowest BCUT2D eigenvalue weighted by Gasteiger charge is -2.35. The van der Waals surface area contributed by atoms with Gasteiger partial charge in [0, 0.05) is 37.0 Å². The van der Waals surface area contributed by atoms with Crippen LogP contribution in [0.5, 0.6) is 0 Å². The molecule has 1 saturated heterocycles. The fraction of sp³-hybridized carbons (Fsp3) is 0.500. The number of rotatable bonds is 6. The predicted molar refractivity (Wildman–Crippen MR) is 114 cm³/mol. The van der Waals surface area contributed by atoms with E-state index in [1.807, 2.05) is 17.9 Å². The van der Waals surface area contributed by atoms with E-state index in [4.69, 9.17) is 10.2 Å². The van der Waals surface area contributed by atoms with Crippen LogP contribution in [-0.4, -0.2) is 47.4 Å². The summed E-state index contributed by atoms with van der Waals surface area (Å²) >= 11 is 1.45. The van der Waals surface area contributed by atoms with Crippen LogP contribution in [0.1, 0.15) is 41.0 Å². The van der Waals surface area contributed by atoms with Crippen molar-refractivity contribution < 1.29 is 14.0 Å². The molecule has 0 aromatic carbocycles. The van der Waals surface area contributed by atoms with Gasteiger partial charge in [-0.25, -0.2) is 4.98 Å². The standard InChI is InChI=1S/C18H24N4O3S.2ClH/c1-12-16(21-17(26-12)14-6-4-10-25-14)18(24)22-9-3-2-5-13(22)11-20-15(23)7-8-19;;/h4,6,10,13H,2-3,5,7-9,11,19H2,1H3,(H,20,23);2*1H. The third kappa shape index (κ3) is 5.70. The number of carbonyl (C=O) groups excluding carboxylic acids is 2. The average Bonchev–Trinajstić information content (AvgIpc) is 3.29. The molecule has 1 fully saturated rings. The predicted octanol–water partition coefficient (Wildman–Crippen LogP) is 3.01. The molecule has 28 heavy (non-hydrogen) atoms. The van der Waals surface area contributed by atoms with Crippen LogP contribution in [0.2, 0.25) is 0 Å². The van der Waals surface area contributed by atoms with E-state index in [2.05, 4.69) is 10.3 Å². The fourth-order valence-corrected chi connectivity index (χ4v) is 4.04. The van der Waals surface area contributed by atoms with Crippen molar-refractivity contribution in [3.8, 4) is 10.8 Å². The highest BCUT2D eigenvalue weighted by atomic mass is 35.5. The van der Waals surface area contributed by atoms with E-state index in [1.54, 1.807) is 12.3 Å². The third-order valence-corrected chi connectivity index (χ3v) is 5.51. The number of carbonyl (C=O) groups is 2. The van der Waals surface area contributed by atoms with Crippen molar-refractivity contribution in [3.63, 3.8) is 0 Å². The second-order valence-electron chi connectivity index (χ2n) is 6.39. The van der Waals surface area contributed by atoms with E-state index in [1.165, 1.54) is 11.3 Å². The highest BCUT2D eigenvalue weighted by molar-refractivity contribution is 7.15. The van der Waals surface area contributed by atoms with Crippen molar-refractivity contribution in [3.05, 3.63) is 29.0 Å². The molecule has 0 bridgehead atoms. The maximum Gasteiger partial charge on any atom is 0.273 e. The third-order valence-electron chi connectivity index (χ3n) is 4.53. The smallest absolute Gasteiger partial charge is 0.273 e. The van der Waals surface area contributed by atoms with Crippen molar-refractivity contribution in [2.45, 2.75) is 38.6 Å². The monoisotopic (exact) mass is 448 g/mol. The van der Waals surface area contributed by atoms with Crippen LogP contribution in [-0.2, 0) is 4.79 Å². The number of hydrogen-bond acceptors (Lipinski definition) is 6. The summed E-state index contributed by atoms with van der Waals surface area (Å²) in [5.74, 6) is 0.520. The van der Waals surface area contributed by atoms with Gasteiger partial charge in [-0.05, 0) is 38.3 Å². The largest absolute Gasteiger partial charge is 0.462 e. The van der Waals surface area contributed by atoms with E-state index in [0.717, 1.165) is 24.1 Å². The first-order chi connectivity index (χ1) is 12.6. The first-order valence-corrected chi connectivity index (χ1v) is 9.71. The van der Waals surface area contributed by atoms with Gasteiger partial charge in [-0.15, -0.1) is 36.2 Å². The summed E-state index contributed by atoms with van der Waals surface area (Å²) in [6.07, 6.45) is 4.79. The Morgan fingerprint density at radius 1 is 1.39 bits per heavy atom. The Morgan fingerprint density at radius 3 is 2.86 bits per heavy atom. The van der Waals surface area contributed by atoms with Crippen LogP contribution in [0.3, 0.4) is 0 Å². The molecule has 10 heteroatoms. The Balaban J connectivity index is 0.00000196. The van der Waals surface area contributed by atoms with Crippen LogP contribution in [0.4, 0.5) is 0 Å². The number of halogens is 2. The maximum atomic E-state index is 13.1. The molecule has 156 valence electrons. The summed E-state index contributed by atoms with van der Waals surface area (Å²) in [4.78, 5) is 32.0. The molecule has 1 aliphatic rings. The topological polar surface area (TPSA) is 101 Å². The number of aromatic nitrogens is 1. The second-order valence-corrected chi connectivity index (χ2v) is 7.60. The van der Waals surface area contributed by atoms with Crippen molar-refractivity contribution in [1.29, 1.82) is 0 Å². The zero-order valence-corrected chi connectivity index (χ0v) is 18.1.